The number of anilines is 1. The van der Waals surface area contributed by atoms with Gasteiger partial charge in [0.15, 0.2) is 18.1 Å². The van der Waals surface area contributed by atoms with Gasteiger partial charge < -0.3 is 24.1 Å². The Labute approximate surface area is 147 Å². The quantitative estimate of drug-likeness (QED) is 0.779. The van der Waals surface area contributed by atoms with Crippen molar-refractivity contribution in [3.63, 3.8) is 0 Å². The third-order valence-corrected chi connectivity index (χ3v) is 3.22. The van der Waals surface area contributed by atoms with E-state index in [4.69, 9.17) is 18.7 Å². The molecule has 0 saturated heterocycles. The molecular weight excluding hydrogens is 346 g/mol. The molecule has 0 atom stereocenters. The van der Waals surface area contributed by atoms with Crippen molar-refractivity contribution in [3.05, 3.63) is 35.7 Å². The number of nitrogens with zero attached hydrogens (tertiary/aromatic N) is 1. The van der Waals surface area contributed by atoms with Crippen molar-refractivity contribution in [2.45, 2.75) is 6.92 Å². The van der Waals surface area contributed by atoms with Gasteiger partial charge in [0.2, 0.25) is 5.76 Å². The van der Waals surface area contributed by atoms with Crippen LogP contribution in [0.15, 0.2) is 28.8 Å². The summed E-state index contributed by atoms with van der Waals surface area (Å²) in [6.07, 6.45) is 0. The number of hydrogen-bond donors (Lipinski definition) is 2. The summed E-state index contributed by atoms with van der Waals surface area (Å²) in [6.45, 7) is 1.86. The molecule has 0 radical (unpaired) electrons. The van der Waals surface area contributed by atoms with Crippen molar-refractivity contribution in [2.75, 3.05) is 25.1 Å². The highest BCUT2D eigenvalue weighted by Gasteiger charge is 2.17. The molecule has 136 valence electrons. The monoisotopic (exact) mass is 361 g/mol. The van der Waals surface area contributed by atoms with Gasteiger partial charge in [0.1, 0.15) is 13.2 Å². The van der Waals surface area contributed by atoms with Crippen molar-refractivity contribution < 1.29 is 33.1 Å². The van der Waals surface area contributed by atoms with E-state index in [0.717, 1.165) is 0 Å². The minimum atomic E-state index is -0.854. The molecule has 0 saturated carbocycles. The zero-order chi connectivity index (χ0) is 18.5. The molecule has 1 aliphatic heterocycles. The molecule has 0 spiro atoms. The Morgan fingerprint density at radius 3 is 2.65 bits per heavy atom. The highest BCUT2D eigenvalue weighted by atomic mass is 16.6. The highest BCUT2D eigenvalue weighted by molar-refractivity contribution is 6.02. The summed E-state index contributed by atoms with van der Waals surface area (Å²) in [5.74, 6) is -0.710. The van der Waals surface area contributed by atoms with Crippen LogP contribution >= 0.6 is 0 Å². The van der Waals surface area contributed by atoms with Crippen molar-refractivity contribution >= 4 is 23.6 Å². The Bertz CT molecular complexity index is 846. The summed E-state index contributed by atoms with van der Waals surface area (Å²) in [5, 5.41) is 8.04. The number of esters is 1. The topological polar surface area (TPSA) is 129 Å². The fourth-order valence-electron chi connectivity index (χ4n) is 2.11. The minimum Gasteiger partial charge on any atom is -0.486 e. The second-order valence-corrected chi connectivity index (χ2v) is 5.27. The molecule has 1 aromatic carbocycles. The van der Waals surface area contributed by atoms with Gasteiger partial charge in [-0.25, -0.2) is 9.59 Å². The Balaban J connectivity index is 1.47. The Hall–Kier alpha value is -3.56. The van der Waals surface area contributed by atoms with Crippen LogP contribution in [-0.2, 0) is 9.53 Å². The van der Waals surface area contributed by atoms with Crippen molar-refractivity contribution in [1.82, 2.24) is 10.5 Å². The third-order valence-electron chi connectivity index (χ3n) is 3.22. The maximum Gasteiger partial charge on any atom is 0.377 e. The van der Waals surface area contributed by atoms with Gasteiger partial charge in [0, 0.05) is 17.8 Å². The Morgan fingerprint density at radius 2 is 1.92 bits per heavy atom. The number of carbonyl (C=O) groups excluding carboxylic acids is 3. The van der Waals surface area contributed by atoms with E-state index in [0.29, 0.717) is 36.1 Å². The van der Waals surface area contributed by atoms with E-state index in [-0.39, 0.29) is 5.76 Å². The first-order chi connectivity index (χ1) is 12.5. The lowest BCUT2D eigenvalue weighted by molar-refractivity contribution is -0.123. The van der Waals surface area contributed by atoms with Crippen LogP contribution in [0, 0.1) is 6.92 Å². The second kappa shape index (κ2) is 7.55. The summed E-state index contributed by atoms with van der Waals surface area (Å²) in [7, 11) is 0. The number of benzene rings is 1. The molecule has 2 aromatic rings. The van der Waals surface area contributed by atoms with Gasteiger partial charge in [0.05, 0.1) is 5.69 Å². The smallest absolute Gasteiger partial charge is 0.377 e. The number of aryl methyl sites for hydroxylation is 1. The average molecular weight is 361 g/mol. The number of fused-ring (bicyclic) bond motifs is 1. The van der Waals surface area contributed by atoms with Gasteiger partial charge in [-0.15, -0.1) is 0 Å². The molecule has 0 fully saturated rings. The minimum absolute atomic E-state index is 0.129. The summed E-state index contributed by atoms with van der Waals surface area (Å²) in [4.78, 5) is 35.1. The molecule has 0 unspecified atom stereocenters. The van der Waals surface area contributed by atoms with Crippen LogP contribution in [0.3, 0.4) is 0 Å². The van der Waals surface area contributed by atoms with E-state index in [9.17, 15) is 14.4 Å². The molecule has 3 amide bonds. The number of rotatable bonds is 4. The van der Waals surface area contributed by atoms with Crippen LogP contribution in [0.25, 0.3) is 0 Å². The molecule has 0 aliphatic carbocycles. The molecule has 2 heterocycles. The summed E-state index contributed by atoms with van der Waals surface area (Å²) in [5.41, 5.74) is 0.911. The first-order valence-electron chi connectivity index (χ1n) is 7.62. The molecule has 10 nitrogen and oxygen atoms in total. The third kappa shape index (κ3) is 4.29. The van der Waals surface area contributed by atoms with Gasteiger partial charge >= 0.3 is 12.0 Å². The van der Waals surface area contributed by atoms with E-state index < -0.39 is 24.5 Å². The number of imide groups is 1. The van der Waals surface area contributed by atoms with E-state index in [1.807, 2.05) is 5.32 Å². The van der Waals surface area contributed by atoms with Crippen LogP contribution < -0.4 is 20.1 Å². The summed E-state index contributed by atoms with van der Waals surface area (Å²) >= 11 is 0. The number of ether oxygens (including phenoxy) is 3. The zero-order valence-corrected chi connectivity index (χ0v) is 13.7. The number of nitrogens with one attached hydrogen (secondary N) is 2. The largest absolute Gasteiger partial charge is 0.486 e. The number of hydrogen-bond acceptors (Lipinski definition) is 8. The number of aromatic nitrogens is 1. The van der Waals surface area contributed by atoms with Crippen LogP contribution in [-0.4, -0.2) is 42.9 Å². The van der Waals surface area contributed by atoms with Crippen LogP contribution in [0.5, 0.6) is 11.5 Å². The Morgan fingerprint density at radius 1 is 1.15 bits per heavy atom. The summed E-state index contributed by atoms with van der Waals surface area (Å²) in [6, 6.07) is 5.41. The Kier molecular flexibility index (Phi) is 5.02. The van der Waals surface area contributed by atoms with Gasteiger partial charge in [-0.3, -0.25) is 10.1 Å². The number of urea groups is 1. The fourth-order valence-corrected chi connectivity index (χ4v) is 2.11. The molecule has 1 aliphatic rings. The first-order valence-corrected chi connectivity index (χ1v) is 7.62. The lowest BCUT2D eigenvalue weighted by Crippen LogP contribution is -2.37. The maximum absolute atomic E-state index is 11.8. The molecule has 10 heteroatoms. The van der Waals surface area contributed by atoms with E-state index in [2.05, 4.69) is 10.5 Å². The predicted octanol–water partition coefficient (Wildman–Crippen LogP) is 1.26. The molecule has 3 rings (SSSR count). The lowest BCUT2D eigenvalue weighted by Gasteiger charge is -2.19. The highest BCUT2D eigenvalue weighted by Crippen LogP contribution is 2.32. The number of carbonyl (C=O) groups is 3. The zero-order valence-electron chi connectivity index (χ0n) is 13.7. The standard InChI is InChI=1S/C16H15N3O7/c1-9-6-13(26-19-9)15(21)25-8-14(20)18-16(22)17-10-2-3-11-12(7-10)24-5-4-23-11/h2-3,6-7H,4-5,8H2,1H3,(H2,17,18,20,22). The second-order valence-electron chi connectivity index (χ2n) is 5.27. The van der Waals surface area contributed by atoms with Gasteiger partial charge in [0.25, 0.3) is 5.91 Å². The molecule has 2 N–H and O–H groups in total. The van der Waals surface area contributed by atoms with Crippen LogP contribution in [0.4, 0.5) is 10.5 Å². The van der Waals surface area contributed by atoms with E-state index >= 15 is 0 Å². The SMILES string of the molecule is Cc1cc(C(=O)OCC(=O)NC(=O)Nc2ccc3c(c2)OCCO3)on1. The maximum atomic E-state index is 11.8. The fraction of sp³-hybridized carbons (Fsp3) is 0.250. The normalized spacial score (nSPS) is 12.2. The molecule has 0 bridgehead atoms. The van der Waals surface area contributed by atoms with E-state index in [1.165, 1.54) is 6.07 Å². The van der Waals surface area contributed by atoms with Crippen LogP contribution in [0.2, 0.25) is 0 Å². The van der Waals surface area contributed by atoms with Crippen molar-refractivity contribution in [3.8, 4) is 11.5 Å². The lowest BCUT2D eigenvalue weighted by atomic mass is 10.2. The number of amides is 3. The molecule has 1 aromatic heterocycles. The van der Waals surface area contributed by atoms with Crippen molar-refractivity contribution in [1.29, 1.82) is 0 Å². The van der Waals surface area contributed by atoms with Crippen molar-refractivity contribution in [2.24, 2.45) is 0 Å². The first kappa shape index (κ1) is 17.3. The summed E-state index contributed by atoms with van der Waals surface area (Å²) < 4.78 is 20.2. The van der Waals surface area contributed by atoms with Crippen LogP contribution in [0.1, 0.15) is 16.2 Å². The van der Waals surface area contributed by atoms with Gasteiger partial charge in [-0.2, -0.15) is 0 Å². The van der Waals surface area contributed by atoms with E-state index in [1.54, 1.807) is 25.1 Å². The average Bonchev–Trinajstić information content (AvgIpc) is 3.06. The molecule has 26 heavy (non-hydrogen) atoms. The molecular formula is C16H15N3O7. The predicted molar refractivity (Wildman–Crippen MR) is 86.1 cm³/mol. The van der Waals surface area contributed by atoms with Gasteiger partial charge in [-0.05, 0) is 19.1 Å². The van der Waals surface area contributed by atoms with Gasteiger partial charge in [-0.1, -0.05) is 5.16 Å².